The average Bonchev–Trinajstić information content (AvgIpc) is 2.62. The fraction of sp³-hybridized carbons (Fsp3) is 0.706. The van der Waals surface area contributed by atoms with Crippen molar-refractivity contribution in [2.45, 2.75) is 37.8 Å². The summed E-state index contributed by atoms with van der Waals surface area (Å²) < 4.78 is 39.0. The molecule has 4 rings (SSSR count). The number of sulfonamides is 1. The number of nitrogens with zero attached hydrogens (tertiary/aromatic N) is 4. The monoisotopic (exact) mass is 397 g/mol. The van der Waals surface area contributed by atoms with Crippen molar-refractivity contribution in [2.75, 3.05) is 30.8 Å². The summed E-state index contributed by atoms with van der Waals surface area (Å²) in [5, 5.41) is 0. The van der Waals surface area contributed by atoms with Crippen molar-refractivity contribution in [2.24, 2.45) is 11.8 Å². The number of nitrogens with one attached hydrogen (secondary N) is 1. The van der Waals surface area contributed by atoms with Gasteiger partial charge in [-0.3, -0.25) is 4.79 Å². The number of aromatic nitrogens is 2. The number of amides is 1. The maximum Gasteiger partial charge on any atom is 0.225 e. The number of carbonyl (C=O) groups is 1. The quantitative estimate of drug-likeness (QED) is 0.789. The number of carbonyl (C=O) groups excluding carboxylic acids is 1. The van der Waals surface area contributed by atoms with Gasteiger partial charge >= 0.3 is 0 Å². The van der Waals surface area contributed by atoms with Gasteiger partial charge in [0, 0.05) is 32.1 Å². The van der Waals surface area contributed by atoms with E-state index in [1.165, 1.54) is 0 Å². The number of piperidine rings is 3. The fourth-order valence-corrected chi connectivity index (χ4v) is 5.38. The zero-order valence-corrected chi connectivity index (χ0v) is 16.0. The Hall–Kier alpha value is -1.81. The van der Waals surface area contributed by atoms with E-state index in [0.29, 0.717) is 18.9 Å². The predicted octanol–water partition coefficient (Wildman–Crippen LogP) is 0.371. The molecule has 8 nitrogen and oxygen atoms in total. The van der Waals surface area contributed by atoms with Gasteiger partial charge < -0.3 is 9.80 Å². The lowest BCUT2D eigenvalue weighted by molar-refractivity contribution is -0.148. The Labute approximate surface area is 158 Å². The van der Waals surface area contributed by atoms with E-state index in [1.54, 1.807) is 0 Å². The van der Waals surface area contributed by atoms with Crippen LogP contribution in [-0.4, -0.2) is 67.2 Å². The van der Waals surface area contributed by atoms with E-state index in [2.05, 4.69) is 14.7 Å². The molecule has 1 amide bonds. The molecule has 3 fully saturated rings. The van der Waals surface area contributed by atoms with Crippen molar-refractivity contribution in [3.8, 4) is 0 Å². The molecule has 2 bridgehead atoms. The number of hydrogen-bond acceptors (Lipinski definition) is 6. The summed E-state index contributed by atoms with van der Waals surface area (Å²) in [6.45, 7) is 1.56. The number of anilines is 1. The van der Waals surface area contributed by atoms with Crippen molar-refractivity contribution in [3.05, 3.63) is 18.2 Å². The van der Waals surface area contributed by atoms with Crippen LogP contribution >= 0.6 is 0 Å². The van der Waals surface area contributed by atoms with Crippen LogP contribution in [0.1, 0.15) is 25.7 Å². The molecule has 1 aromatic heterocycles. The van der Waals surface area contributed by atoms with Crippen LogP contribution in [0.4, 0.5) is 10.3 Å². The molecule has 4 heterocycles. The molecule has 0 unspecified atom stereocenters. The molecular formula is C17H24FN5O3S. The summed E-state index contributed by atoms with van der Waals surface area (Å²) in [6, 6.07) is -0.0749. The molecule has 0 aromatic carbocycles. The molecule has 0 radical (unpaired) electrons. The first kappa shape index (κ1) is 18.5. The molecule has 3 aliphatic heterocycles. The molecule has 1 N–H and O–H groups in total. The molecule has 148 valence electrons. The molecule has 1 aromatic rings. The standard InChI is InChI=1S/C17H24FN5O3S/c1-27(25,26)21-8-15-12-5-11(14-3-2-4-16(24)23(14)15)9-22(10-12)17-19-6-13(18)7-20-17/h6-7,11-12,14-15,21H,2-5,8-10H2,1H3/t11-,12+,14+,15+/m1/s1. The molecule has 0 spiro atoms. The molecule has 3 aliphatic rings. The second-order valence-corrected chi connectivity index (χ2v) is 9.64. The summed E-state index contributed by atoms with van der Waals surface area (Å²) in [6.07, 6.45) is 6.71. The van der Waals surface area contributed by atoms with E-state index in [9.17, 15) is 17.6 Å². The first-order valence-corrected chi connectivity index (χ1v) is 11.2. The zero-order valence-electron chi connectivity index (χ0n) is 15.2. The minimum Gasteiger partial charge on any atom is -0.340 e. The predicted molar refractivity (Wildman–Crippen MR) is 96.9 cm³/mol. The van der Waals surface area contributed by atoms with E-state index < -0.39 is 15.8 Å². The van der Waals surface area contributed by atoms with Gasteiger partial charge in [0.05, 0.1) is 24.7 Å². The van der Waals surface area contributed by atoms with Gasteiger partial charge in [-0.15, -0.1) is 0 Å². The molecule has 0 aliphatic carbocycles. The van der Waals surface area contributed by atoms with E-state index in [0.717, 1.165) is 44.5 Å². The van der Waals surface area contributed by atoms with Gasteiger partial charge in [-0.25, -0.2) is 27.5 Å². The third-order valence-electron chi connectivity index (χ3n) is 5.94. The highest BCUT2D eigenvalue weighted by Gasteiger charge is 2.49. The normalized spacial score (nSPS) is 31.0. The smallest absolute Gasteiger partial charge is 0.225 e. The lowest BCUT2D eigenvalue weighted by Gasteiger charge is -2.56. The summed E-state index contributed by atoms with van der Waals surface area (Å²) in [5.74, 6) is 0.528. The lowest BCUT2D eigenvalue weighted by Crippen LogP contribution is -2.67. The van der Waals surface area contributed by atoms with E-state index in [-0.39, 0.29) is 36.4 Å². The van der Waals surface area contributed by atoms with Crippen LogP contribution in [0.5, 0.6) is 0 Å². The van der Waals surface area contributed by atoms with Crippen molar-refractivity contribution in [1.29, 1.82) is 0 Å². The van der Waals surface area contributed by atoms with E-state index >= 15 is 0 Å². The van der Waals surface area contributed by atoms with Crippen LogP contribution in [0.15, 0.2) is 12.4 Å². The van der Waals surface area contributed by atoms with Crippen LogP contribution in [0.2, 0.25) is 0 Å². The number of halogens is 1. The minimum atomic E-state index is -3.34. The maximum absolute atomic E-state index is 13.2. The SMILES string of the molecule is CS(=O)(=O)NC[C@H]1[C@H]2C[C@H](CN(c3ncc(F)cn3)C2)[C@@H]2CCCC(=O)N21. The van der Waals surface area contributed by atoms with Gasteiger partial charge in [0.15, 0.2) is 5.82 Å². The van der Waals surface area contributed by atoms with Crippen molar-refractivity contribution < 1.29 is 17.6 Å². The molecule has 3 saturated heterocycles. The Kier molecular flexibility index (Phi) is 4.79. The first-order chi connectivity index (χ1) is 12.8. The number of fused-ring (bicyclic) bond motifs is 4. The highest BCUT2D eigenvalue weighted by molar-refractivity contribution is 7.88. The number of rotatable bonds is 4. The lowest BCUT2D eigenvalue weighted by atomic mass is 9.72. The van der Waals surface area contributed by atoms with Gasteiger partial charge in [0.1, 0.15) is 0 Å². The Morgan fingerprint density at radius 3 is 2.67 bits per heavy atom. The molecule has 4 atom stereocenters. The minimum absolute atomic E-state index is 0.108. The molecule has 10 heteroatoms. The van der Waals surface area contributed by atoms with Gasteiger partial charge in [-0.1, -0.05) is 0 Å². The Balaban J connectivity index is 1.61. The Morgan fingerprint density at radius 1 is 1.26 bits per heavy atom. The average molecular weight is 397 g/mol. The van der Waals surface area contributed by atoms with Crippen molar-refractivity contribution >= 4 is 21.9 Å². The van der Waals surface area contributed by atoms with Crippen molar-refractivity contribution in [3.63, 3.8) is 0 Å². The highest BCUT2D eigenvalue weighted by Crippen LogP contribution is 2.42. The van der Waals surface area contributed by atoms with Gasteiger partial charge in [0.2, 0.25) is 21.9 Å². The first-order valence-electron chi connectivity index (χ1n) is 9.30. The van der Waals surface area contributed by atoms with Crippen LogP contribution in [0, 0.1) is 17.7 Å². The number of hydrogen-bond donors (Lipinski definition) is 1. The van der Waals surface area contributed by atoms with Gasteiger partial charge in [-0.05, 0) is 31.1 Å². The van der Waals surface area contributed by atoms with Crippen LogP contribution < -0.4 is 9.62 Å². The van der Waals surface area contributed by atoms with Gasteiger partial charge in [0.25, 0.3) is 0 Å². The van der Waals surface area contributed by atoms with Crippen LogP contribution in [0.25, 0.3) is 0 Å². The molecule has 27 heavy (non-hydrogen) atoms. The van der Waals surface area contributed by atoms with Gasteiger partial charge in [-0.2, -0.15) is 0 Å². The molecule has 0 saturated carbocycles. The van der Waals surface area contributed by atoms with Crippen LogP contribution in [0.3, 0.4) is 0 Å². The fourth-order valence-electron chi connectivity index (χ4n) is 4.91. The third kappa shape index (κ3) is 3.77. The maximum atomic E-state index is 13.2. The Morgan fingerprint density at radius 2 is 1.96 bits per heavy atom. The van der Waals surface area contributed by atoms with E-state index in [4.69, 9.17) is 0 Å². The van der Waals surface area contributed by atoms with Crippen LogP contribution in [-0.2, 0) is 14.8 Å². The summed E-state index contributed by atoms with van der Waals surface area (Å²) in [7, 11) is -3.34. The largest absolute Gasteiger partial charge is 0.340 e. The summed E-state index contributed by atoms with van der Waals surface area (Å²) in [4.78, 5) is 24.9. The second kappa shape index (κ2) is 6.97. The summed E-state index contributed by atoms with van der Waals surface area (Å²) in [5.41, 5.74) is 0. The molecular weight excluding hydrogens is 373 g/mol. The third-order valence-corrected chi connectivity index (χ3v) is 6.63. The highest BCUT2D eigenvalue weighted by atomic mass is 32.2. The topological polar surface area (TPSA) is 95.5 Å². The Bertz CT molecular complexity index is 818. The summed E-state index contributed by atoms with van der Waals surface area (Å²) >= 11 is 0. The zero-order chi connectivity index (χ0) is 19.2. The second-order valence-electron chi connectivity index (χ2n) is 7.81. The van der Waals surface area contributed by atoms with Crippen molar-refractivity contribution in [1.82, 2.24) is 19.6 Å². The van der Waals surface area contributed by atoms with E-state index in [1.807, 2.05) is 9.80 Å².